The Morgan fingerprint density at radius 3 is 3.00 bits per heavy atom. The van der Waals surface area contributed by atoms with Crippen molar-refractivity contribution in [3.63, 3.8) is 0 Å². The standard InChI is InChI=1S/C9H17NO4/c1-13-9(3-5-14-7-9)6-10-4-2-8(11)12/h10H,2-7H2,1H3,(H,11,12). The number of aliphatic carboxylic acids is 1. The third-order valence-corrected chi connectivity index (χ3v) is 2.46. The van der Waals surface area contributed by atoms with Crippen molar-refractivity contribution in [1.29, 1.82) is 0 Å². The minimum atomic E-state index is -0.786. The molecule has 2 N–H and O–H groups in total. The minimum absolute atomic E-state index is 0.140. The monoisotopic (exact) mass is 203 g/mol. The van der Waals surface area contributed by atoms with Gasteiger partial charge in [0.15, 0.2) is 0 Å². The Morgan fingerprint density at radius 1 is 1.71 bits per heavy atom. The number of hydrogen-bond donors (Lipinski definition) is 2. The van der Waals surface area contributed by atoms with Gasteiger partial charge in [-0.15, -0.1) is 0 Å². The fraction of sp³-hybridized carbons (Fsp3) is 0.889. The Labute approximate surface area is 83.4 Å². The van der Waals surface area contributed by atoms with Gasteiger partial charge in [-0.05, 0) is 0 Å². The molecule has 5 heteroatoms. The van der Waals surface area contributed by atoms with Crippen molar-refractivity contribution in [2.24, 2.45) is 0 Å². The van der Waals surface area contributed by atoms with Crippen LogP contribution in [0.15, 0.2) is 0 Å². The Morgan fingerprint density at radius 2 is 2.50 bits per heavy atom. The summed E-state index contributed by atoms with van der Waals surface area (Å²) in [4.78, 5) is 10.2. The highest BCUT2D eigenvalue weighted by Crippen LogP contribution is 2.21. The van der Waals surface area contributed by atoms with Crippen LogP contribution in [0.1, 0.15) is 12.8 Å². The van der Waals surface area contributed by atoms with Gasteiger partial charge < -0.3 is 19.9 Å². The van der Waals surface area contributed by atoms with E-state index in [-0.39, 0.29) is 12.0 Å². The molecule has 82 valence electrons. The molecule has 0 aromatic heterocycles. The van der Waals surface area contributed by atoms with Crippen molar-refractivity contribution in [3.8, 4) is 0 Å². The van der Waals surface area contributed by atoms with Gasteiger partial charge in [-0.2, -0.15) is 0 Å². The van der Waals surface area contributed by atoms with Crippen molar-refractivity contribution < 1.29 is 19.4 Å². The molecule has 1 saturated heterocycles. The average molecular weight is 203 g/mol. The lowest BCUT2D eigenvalue weighted by Crippen LogP contribution is -2.43. The number of methoxy groups -OCH3 is 1. The smallest absolute Gasteiger partial charge is 0.304 e. The van der Waals surface area contributed by atoms with Crippen molar-refractivity contribution in [1.82, 2.24) is 5.32 Å². The topological polar surface area (TPSA) is 67.8 Å². The molecule has 1 heterocycles. The van der Waals surface area contributed by atoms with E-state index < -0.39 is 5.97 Å². The lowest BCUT2D eigenvalue weighted by molar-refractivity contribution is -0.136. The van der Waals surface area contributed by atoms with Gasteiger partial charge >= 0.3 is 5.97 Å². The first-order valence-electron chi connectivity index (χ1n) is 4.74. The Bertz CT molecular complexity index is 189. The SMILES string of the molecule is COC1(CNCCC(=O)O)CCOC1. The van der Waals surface area contributed by atoms with Crippen LogP contribution in [0.5, 0.6) is 0 Å². The van der Waals surface area contributed by atoms with Gasteiger partial charge in [-0.1, -0.05) is 0 Å². The summed E-state index contributed by atoms with van der Waals surface area (Å²) in [7, 11) is 1.66. The van der Waals surface area contributed by atoms with Gasteiger partial charge in [0.2, 0.25) is 0 Å². The second-order valence-electron chi connectivity index (χ2n) is 3.51. The van der Waals surface area contributed by atoms with Crippen LogP contribution < -0.4 is 5.32 Å². The van der Waals surface area contributed by atoms with E-state index in [0.29, 0.717) is 26.3 Å². The predicted molar refractivity (Wildman–Crippen MR) is 50.3 cm³/mol. The average Bonchev–Trinajstić information content (AvgIpc) is 2.62. The van der Waals surface area contributed by atoms with Gasteiger partial charge in [-0.25, -0.2) is 0 Å². The van der Waals surface area contributed by atoms with Crippen LogP contribution in [0.3, 0.4) is 0 Å². The molecule has 1 rings (SSSR count). The summed E-state index contributed by atoms with van der Waals surface area (Å²) in [6.07, 6.45) is 1.00. The van der Waals surface area contributed by atoms with Gasteiger partial charge in [0, 0.05) is 33.2 Å². The maximum Gasteiger partial charge on any atom is 0.304 e. The summed E-state index contributed by atoms with van der Waals surface area (Å²) >= 11 is 0. The molecule has 0 saturated carbocycles. The fourth-order valence-electron chi connectivity index (χ4n) is 1.47. The predicted octanol–water partition coefficient (Wildman–Crippen LogP) is -0.144. The fourth-order valence-corrected chi connectivity index (χ4v) is 1.47. The second kappa shape index (κ2) is 5.29. The minimum Gasteiger partial charge on any atom is -0.481 e. The number of rotatable bonds is 6. The molecular weight excluding hydrogens is 186 g/mol. The molecule has 1 atom stereocenters. The van der Waals surface area contributed by atoms with E-state index in [9.17, 15) is 4.79 Å². The zero-order valence-electron chi connectivity index (χ0n) is 8.41. The lowest BCUT2D eigenvalue weighted by atomic mass is 10.0. The maximum absolute atomic E-state index is 10.2. The quantitative estimate of drug-likeness (QED) is 0.588. The Balaban J connectivity index is 2.18. The highest BCUT2D eigenvalue weighted by molar-refractivity contribution is 5.66. The zero-order valence-corrected chi connectivity index (χ0v) is 8.41. The van der Waals surface area contributed by atoms with Crippen molar-refractivity contribution in [2.75, 3.05) is 33.4 Å². The number of carboxylic acids is 1. The number of hydrogen-bond acceptors (Lipinski definition) is 4. The third-order valence-electron chi connectivity index (χ3n) is 2.46. The molecule has 1 unspecified atom stereocenters. The van der Waals surface area contributed by atoms with Crippen LogP contribution in [0, 0.1) is 0 Å². The number of nitrogens with one attached hydrogen (secondary N) is 1. The van der Waals surface area contributed by atoms with Crippen LogP contribution in [0.25, 0.3) is 0 Å². The maximum atomic E-state index is 10.2. The molecule has 0 bridgehead atoms. The zero-order chi connectivity index (χ0) is 10.4. The van der Waals surface area contributed by atoms with Crippen LogP contribution >= 0.6 is 0 Å². The first kappa shape index (κ1) is 11.4. The van der Waals surface area contributed by atoms with Crippen LogP contribution in [-0.2, 0) is 14.3 Å². The van der Waals surface area contributed by atoms with E-state index in [4.69, 9.17) is 14.6 Å². The lowest BCUT2D eigenvalue weighted by Gasteiger charge is -2.25. The summed E-state index contributed by atoms with van der Waals surface area (Å²) in [6.45, 7) is 2.43. The van der Waals surface area contributed by atoms with Crippen LogP contribution in [-0.4, -0.2) is 50.1 Å². The van der Waals surface area contributed by atoms with Gasteiger partial charge in [0.05, 0.1) is 13.0 Å². The first-order chi connectivity index (χ1) is 6.68. The van der Waals surface area contributed by atoms with Crippen molar-refractivity contribution >= 4 is 5.97 Å². The van der Waals surface area contributed by atoms with E-state index in [1.807, 2.05) is 0 Å². The normalized spacial score (nSPS) is 26.6. The summed E-state index contributed by atoms with van der Waals surface area (Å²) in [5.74, 6) is -0.786. The molecule has 0 spiro atoms. The molecule has 0 radical (unpaired) electrons. The Kier molecular flexibility index (Phi) is 4.31. The summed E-state index contributed by atoms with van der Waals surface area (Å²) in [5, 5.41) is 11.5. The molecule has 5 nitrogen and oxygen atoms in total. The molecule has 0 amide bonds. The van der Waals surface area contributed by atoms with Crippen LogP contribution in [0.4, 0.5) is 0 Å². The van der Waals surface area contributed by atoms with E-state index in [0.717, 1.165) is 6.42 Å². The highest BCUT2D eigenvalue weighted by atomic mass is 16.5. The number of carboxylic acid groups (broad SMARTS) is 1. The Hall–Kier alpha value is -0.650. The second-order valence-corrected chi connectivity index (χ2v) is 3.51. The molecule has 0 aromatic rings. The van der Waals surface area contributed by atoms with E-state index in [1.165, 1.54) is 0 Å². The van der Waals surface area contributed by atoms with Gasteiger partial charge in [0.25, 0.3) is 0 Å². The molecule has 0 aromatic carbocycles. The van der Waals surface area contributed by atoms with Gasteiger partial charge in [-0.3, -0.25) is 4.79 Å². The summed E-state index contributed by atoms with van der Waals surface area (Å²) in [6, 6.07) is 0. The molecule has 1 fully saturated rings. The first-order valence-corrected chi connectivity index (χ1v) is 4.74. The number of ether oxygens (including phenoxy) is 2. The van der Waals surface area contributed by atoms with Crippen molar-refractivity contribution in [3.05, 3.63) is 0 Å². The summed E-state index contributed by atoms with van der Waals surface area (Å²) < 4.78 is 10.6. The molecule has 1 aliphatic heterocycles. The number of carbonyl (C=O) groups is 1. The summed E-state index contributed by atoms with van der Waals surface area (Å²) in [5.41, 5.74) is -0.251. The van der Waals surface area contributed by atoms with E-state index in [1.54, 1.807) is 7.11 Å². The molecule has 0 aliphatic carbocycles. The van der Waals surface area contributed by atoms with Gasteiger partial charge in [0.1, 0.15) is 5.60 Å². The largest absolute Gasteiger partial charge is 0.481 e. The molecular formula is C9H17NO4. The highest BCUT2D eigenvalue weighted by Gasteiger charge is 2.34. The molecule has 14 heavy (non-hydrogen) atoms. The van der Waals surface area contributed by atoms with Crippen LogP contribution in [0.2, 0.25) is 0 Å². The third kappa shape index (κ3) is 3.25. The van der Waals surface area contributed by atoms with E-state index >= 15 is 0 Å². The van der Waals surface area contributed by atoms with Crippen molar-refractivity contribution in [2.45, 2.75) is 18.4 Å². The molecule has 1 aliphatic rings. The van der Waals surface area contributed by atoms with E-state index in [2.05, 4.69) is 5.32 Å².